The van der Waals surface area contributed by atoms with Crippen molar-refractivity contribution in [3.8, 4) is 0 Å². The third-order valence-electron chi connectivity index (χ3n) is 4.60. The maximum Gasteiger partial charge on any atom is 0.343 e. The number of rotatable bonds is 3. The van der Waals surface area contributed by atoms with Crippen molar-refractivity contribution in [2.45, 2.75) is 31.1 Å². The van der Waals surface area contributed by atoms with Gasteiger partial charge in [0.05, 0.1) is 4.90 Å². The number of amides is 2. The third-order valence-corrected chi connectivity index (χ3v) is 6.09. The first-order valence-corrected chi connectivity index (χ1v) is 9.08. The van der Waals surface area contributed by atoms with Gasteiger partial charge in [-0.2, -0.15) is 0 Å². The van der Waals surface area contributed by atoms with Crippen LogP contribution in [0, 0.1) is 18.8 Å². The normalized spacial score (nSPS) is 25.0. The van der Waals surface area contributed by atoms with Crippen molar-refractivity contribution >= 4 is 16.1 Å². The van der Waals surface area contributed by atoms with Crippen LogP contribution in [0.1, 0.15) is 24.8 Å². The van der Waals surface area contributed by atoms with Gasteiger partial charge < -0.3 is 0 Å². The molecule has 0 unspecified atom stereocenters. The molecule has 1 saturated heterocycles. The molecule has 0 spiro atoms. The second kappa shape index (κ2) is 5.89. The fraction of sp³-hybridized carbons (Fsp3) is 0.533. The molecule has 1 aromatic rings. The summed E-state index contributed by atoms with van der Waals surface area (Å²) in [6.45, 7) is 3.32. The maximum absolute atomic E-state index is 12.2. The largest absolute Gasteiger partial charge is 0.343 e. The lowest BCUT2D eigenvalue weighted by molar-refractivity contribution is 0.195. The number of benzene rings is 1. The monoisotopic (exact) mass is 323 g/mol. The number of sulfonamides is 1. The van der Waals surface area contributed by atoms with Crippen LogP contribution in [0.4, 0.5) is 4.79 Å². The van der Waals surface area contributed by atoms with Crippen molar-refractivity contribution in [1.82, 2.24) is 15.2 Å². The zero-order chi connectivity index (χ0) is 15.7. The number of aryl methyl sites for hydroxylation is 1. The van der Waals surface area contributed by atoms with Gasteiger partial charge in [-0.05, 0) is 43.2 Å². The number of carbonyl (C=O) groups excluding carboxylic acids is 1. The Kier molecular flexibility index (Phi) is 4.10. The Hall–Kier alpha value is -1.60. The number of hydrogen-bond acceptors (Lipinski definition) is 4. The lowest BCUT2D eigenvalue weighted by atomic mass is 10.0. The minimum Gasteiger partial charge on any atom is -0.270 e. The van der Waals surface area contributed by atoms with Gasteiger partial charge in [0.1, 0.15) is 0 Å². The summed E-state index contributed by atoms with van der Waals surface area (Å²) in [5, 5.41) is 1.83. The van der Waals surface area contributed by atoms with Gasteiger partial charge in [-0.1, -0.05) is 24.6 Å². The van der Waals surface area contributed by atoms with E-state index in [1.165, 1.54) is 25.3 Å². The van der Waals surface area contributed by atoms with E-state index in [1.807, 2.05) is 5.01 Å². The number of nitrogens with zero attached hydrogens (tertiary/aromatic N) is 1. The van der Waals surface area contributed by atoms with Crippen LogP contribution in [-0.2, 0) is 10.0 Å². The summed E-state index contributed by atoms with van der Waals surface area (Å²) in [6, 6.07) is 5.90. The van der Waals surface area contributed by atoms with Gasteiger partial charge in [-0.15, -0.1) is 0 Å². The standard InChI is InChI=1S/C15H21N3O3S/c1-11-5-2-3-8-14(11)22(20,21)17-15(19)16-18-9-12-6-4-7-13(12)10-18/h2-3,5,8,12-13H,4,6-7,9-10H2,1H3,(H2,16,17,19)/t12-,13-/m1/s1. The Balaban J connectivity index is 1.61. The van der Waals surface area contributed by atoms with Crippen molar-refractivity contribution in [2.75, 3.05) is 13.1 Å². The van der Waals surface area contributed by atoms with Gasteiger partial charge in [0.25, 0.3) is 10.0 Å². The van der Waals surface area contributed by atoms with Crippen LogP contribution >= 0.6 is 0 Å². The highest BCUT2D eigenvalue weighted by Crippen LogP contribution is 2.36. The van der Waals surface area contributed by atoms with Crippen LogP contribution in [0.2, 0.25) is 0 Å². The number of hydrazine groups is 1. The molecule has 0 bridgehead atoms. The minimum absolute atomic E-state index is 0.128. The Morgan fingerprint density at radius 1 is 1.18 bits per heavy atom. The van der Waals surface area contributed by atoms with Gasteiger partial charge in [0.2, 0.25) is 0 Å². The minimum atomic E-state index is -3.84. The Morgan fingerprint density at radius 3 is 2.45 bits per heavy atom. The van der Waals surface area contributed by atoms with Crippen LogP contribution in [0.15, 0.2) is 29.2 Å². The van der Waals surface area contributed by atoms with Crippen molar-refractivity contribution in [3.63, 3.8) is 0 Å². The smallest absolute Gasteiger partial charge is 0.270 e. The molecule has 0 aromatic heterocycles. The molecule has 2 amide bonds. The average molecular weight is 323 g/mol. The first-order valence-electron chi connectivity index (χ1n) is 7.60. The zero-order valence-corrected chi connectivity index (χ0v) is 13.4. The summed E-state index contributed by atoms with van der Waals surface area (Å²) in [4.78, 5) is 12.1. The topological polar surface area (TPSA) is 78.5 Å². The predicted molar refractivity (Wildman–Crippen MR) is 82.4 cm³/mol. The fourth-order valence-electron chi connectivity index (χ4n) is 3.53. The Labute approximate surface area is 130 Å². The fourth-order valence-corrected chi connectivity index (χ4v) is 4.68. The van der Waals surface area contributed by atoms with Gasteiger partial charge in [-0.3, -0.25) is 5.43 Å². The average Bonchev–Trinajstić information content (AvgIpc) is 2.98. The molecule has 1 aromatic carbocycles. The van der Waals surface area contributed by atoms with E-state index >= 15 is 0 Å². The van der Waals surface area contributed by atoms with Crippen LogP contribution < -0.4 is 10.1 Å². The van der Waals surface area contributed by atoms with E-state index < -0.39 is 16.1 Å². The highest BCUT2D eigenvalue weighted by atomic mass is 32.2. The van der Waals surface area contributed by atoms with Gasteiger partial charge in [-0.25, -0.2) is 22.9 Å². The van der Waals surface area contributed by atoms with E-state index in [1.54, 1.807) is 25.1 Å². The number of fused-ring (bicyclic) bond motifs is 1. The first kappa shape index (κ1) is 15.3. The second-order valence-electron chi connectivity index (χ2n) is 6.17. The van der Waals surface area contributed by atoms with Gasteiger partial charge >= 0.3 is 6.03 Å². The van der Waals surface area contributed by atoms with Crippen LogP contribution in [0.3, 0.4) is 0 Å². The molecular weight excluding hydrogens is 302 g/mol. The van der Waals surface area contributed by atoms with Crippen LogP contribution in [-0.4, -0.2) is 32.5 Å². The molecule has 2 fully saturated rings. The molecule has 22 heavy (non-hydrogen) atoms. The summed E-state index contributed by atoms with van der Waals surface area (Å²) >= 11 is 0. The van der Waals surface area contributed by atoms with Gasteiger partial charge in [0, 0.05) is 13.1 Å². The summed E-state index contributed by atoms with van der Waals surface area (Å²) in [6.07, 6.45) is 3.66. The maximum atomic E-state index is 12.2. The van der Waals surface area contributed by atoms with E-state index in [0.717, 1.165) is 13.1 Å². The van der Waals surface area contributed by atoms with E-state index in [0.29, 0.717) is 17.4 Å². The summed E-state index contributed by atoms with van der Waals surface area (Å²) in [7, 11) is -3.84. The summed E-state index contributed by atoms with van der Waals surface area (Å²) in [5.74, 6) is 1.27. The zero-order valence-electron chi connectivity index (χ0n) is 12.6. The molecule has 7 heteroatoms. The number of nitrogens with one attached hydrogen (secondary N) is 2. The molecule has 1 aliphatic heterocycles. The van der Waals surface area contributed by atoms with Crippen molar-refractivity contribution in [1.29, 1.82) is 0 Å². The van der Waals surface area contributed by atoms with E-state index in [-0.39, 0.29) is 4.90 Å². The second-order valence-corrected chi connectivity index (χ2v) is 7.82. The lowest BCUT2D eigenvalue weighted by Crippen LogP contribution is -2.48. The molecule has 2 N–H and O–H groups in total. The molecule has 6 nitrogen and oxygen atoms in total. The van der Waals surface area contributed by atoms with Crippen LogP contribution in [0.25, 0.3) is 0 Å². The van der Waals surface area contributed by atoms with Crippen LogP contribution in [0.5, 0.6) is 0 Å². The molecule has 1 aliphatic carbocycles. The Morgan fingerprint density at radius 2 is 1.82 bits per heavy atom. The molecule has 120 valence electrons. The summed E-state index contributed by atoms with van der Waals surface area (Å²) in [5.41, 5.74) is 3.27. The lowest BCUT2D eigenvalue weighted by Gasteiger charge is -2.18. The van der Waals surface area contributed by atoms with E-state index in [9.17, 15) is 13.2 Å². The molecule has 3 rings (SSSR count). The SMILES string of the molecule is Cc1ccccc1S(=O)(=O)NC(=O)NN1C[C@H]2CCC[C@@H]2C1. The highest BCUT2D eigenvalue weighted by molar-refractivity contribution is 7.90. The van der Waals surface area contributed by atoms with Crippen molar-refractivity contribution < 1.29 is 13.2 Å². The number of hydrogen-bond donors (Lipinski definition) is 2. The molecule has 2 aliphatic rings. The molecule has 2 atom stereocenters. The number of carbonyl (C=O) groups is 1. The van der Waals surface area contributed by atoms with Gasteiger partial charge in [0.15, 0.2) is 0 Å². The predicted octanol–water partition coefficient (Wildman–Crippen LogP) is 1.63. The van der Waals surface area contributed by atoms with Crippen molar-refractivity contribution in [3.05, 3.63) is 29.8 Å². The first-order chi connectivity index (χ1) is 10.5. The third kappa shape index (κ3) is 3.10. The number of urea groups is 1. The molecule has 0 radical (unpaired) electrons. The molecule has 1 heterocycles. The summed E-state index contributed by atoms with van der Waals surface area (Å²) < 4.78 is 26.6. The quantitative estimate of drug-likeness (QED) is 0.886. The van der Waals surface area contributed by atoms with E-state index in [2.05, 4.69) is 10.1 Å². The molecule has 1 saturated carbocycles. The van der Waals surface area contributed by atoms with Crippen molar-refractivity contribution in [2.24, 2.45) is 11.8 Å². The van der Waals surface area contributed by atoms with E-state index in [4.69, 9.17) is 0 Å². The Bertz CT molecular complexity index is 662. The highest BCUT2D eigenvalue weighted by Gasteiger charge is 2.36. The molecular formula is C15H21N3O3S.